The molecule has 1 heterocycles. The number of nitrogens with zero attached hydrogens (tertiary/aromatic N) is 1. The van der Waals surface area contributed by atoms with E-state index in [4.69, 9.17) is 23.3 Å². The molecule has 332 valence electrons. The zero-order chi connectivity index (χ0) is 42.4. The summed E-state index contributed by atoms with van der Waals surface area (Å²) in [6.07, 6.45) is 51.8. The van der Waals surface area contributed by atoms with Crippen LogP contribution in [0.3, 0.4) is 0 Å². The number of hydrogen-bond donors (Lipinski definition) is 0. The quantitative estimate of drug-likeness (QED) is 0.0115. The van der Waals surface area contributed by atoms with Gasteiger partial charge < -0.3 is 32.6 Å². The molecule has 0 aromatic carbocycles. The average Bonchev–Trinajstić information content (AvgIpc) is 3.94. The fourth-order valence-corrected chi connectivity index (χ4v) is 6.50. The Kier molecular flexibility index (Phi) is 33.5. The minimum Gasteiger partial charge on any atom is -0.756 e. The predicted molar refractivity (Wildman–Crippen MR) is 239 cm³/mol. The molecule has 0 aromatic heterocycles. The topological polar surface area (TPSA) is 107 Å². The fourth-order valence-electron chi connectivity index (χ4n) is 5.77. The van der Waals surface area contributed by atoms with Gasteiger partial charge >= 0.3 is 5.97 Å². The second kappa shape index (κ2) is 36.3. The predicted octanol–water partition coefficient (Wildman–Crippen LogP) is 12.0. The third kappa shape index (κ3) is 36.6. The van der Waals surface area contributed by atoms with Crippen LogP contribution in [0, 0.1) is 0 Å². The van der Waals surface area contributed by atoms with Crippen molar-refractivity contribution >= 4 is 13.8 Å². The Morgan fingerprint density at radius 2 is 1.17 bits per heavy atom. The first-order valence-corrected chi connectivity index (χ1v) is 23.9. The molecule has 0 bridgehead atoms. The lowest BCUT2D eigenvalue weighted by atomic mass is 10.1. The Hall–Kier alpha value is -2.52. The Labute approximate surface area is 354 Å². The van der Waals surface area contributed by atoms with Crippen molar-refractivity contribution < 1.29 is 42.0 Å². The summed E-state index contributed by atoms with van der Waals surface area (Å²) in [7, 11) is 1.30. The highest BCUT2D eigenvalue weighted by atomic mass is 31.2. The first kappa shape index (κ1) is 53.5. The van der Waals surface area contributed by atoms with Crippen molar-refractivity contribution in [1.29, 1.82) is 0 Å². The molecular weight excluding hydrogens is 750 g/mol. The van der Waals surface area contributed by atoms with E-state index < -0.39 is 13.9 Å². The van der Waals surface area contributed by atoms with E-state index >= 15 is 0 Å². The number of quaternary nitrogens is 1. The summed E-state index contributed by atoms with van der Waals surface area (Å²) in [5.41, 5.74) is 0. The van der Waals surface area contributed by atoms with Gasteiger partial charge in [-0.25, -0.2) is 0 Å². The van der Waals surface area contributed by atoms with Crippen LogP contribution in [0.4, 0.5) is 0 Å². The van der Waals surface area contributed by atoms with Crippen LogP contribution < -0.4 is 4.89 Å². The molecule has 1 fully saturated rings. The van der Waals surface area contributed by atoms with Crippen molar-refractivity contribution in [2.75, 3.05) is 47.5 Å². The first-order valence-electron chi connectivity index (χ1n) is 22.5. The molecular formula is C48H82NO8P. The molecule has 0 radical (unpaired) electrons. The highest BCUT2D eigenvalue weighted by Crippen LogP contribution is 2.38. The van der Waals surface area contributed by atoms with E-state index in [2.05, 4.69) is 74.6 Å². The third-order valence-electron chi connectivity index (χ3n) is 9.44. The van der Waals surface area contributed by atoms with Gasteiger partial charge in [-0.2, -0.15) is 0 Å². The maximum atomic E-state index is 12.5. The van der Waals surface area contributed by atoms with Crippen LogP contribution >= 0.6 is 7.82 Å². The van der Waals surface area contributed by atoms with E-state index in [1.165, 1.54) is 64.2 Å². The number of ether oxygens (including phenoxy) is 3. The van der Waals surface area contributed by atoms with Gasteiger partial charge in [0.05, 0.1) is 46.2 Å². The number of carbonyl (C=O) groups is 1. The summed E-state index contributed by atoms with van der Waals surface area (Å²) in [4.78, 5) is 24.8. The van der Waals surface area contributed by atoms with E-state index in [-0.39, 0.29) is 32.2 Å². The van der Waals surface area contributed by atoms with Crippen molar-refractivity contribution in [2.45, 2.75) is 167 Å². The molecule has 3 unspecified atom stereocenters. The zero-order valence-corrected chi connectivity index (χ0v) is 38.0. The van der Waals surface area contributed by atoms with E-state index in [1.807, 2.05) is 39.4 Å². The monoisotopic (exact) mass is 832 g/mol. The number of unbranched alkanes of at least 4 members (excludes halogenated alkanes) is 11. The second-order valence-corrected chi connectivity index (χ2v) is 17.5. The average molecular weight is 832 g/mol. The maximum Gasteiger partial charge on any atom is 0.306 e. The molecule has 9 nitrogen and oxygen atoms in total. The Balaban J connectivity index is 2.29. The molecule has 1 rings (SSSR count). The van der Waals surface area contributed by atoms with E-state index in [9.17, 15) is 14.3 Å². The first-order chi connectivity index (χ1) is 28.1. The van der Waals surface area contributed by atoms with Gasteiger partial charge in [-0.1, -0.05) is 132 Å². The zero-order valence-electron chi connectivity index (χ0n) is 37.2. The van der Waals surface area contributed by atoms with Crippen LogP contribution in [0.15, 0.2) is 85.3 Å². The van der Waals surface area contributed by atoms with Gasteiger partial charge in [-0.05, 0) is 89.5 Å². The molecule has 4 atom stereocenters. The number of allylic oxidation sites excluding steroid dienone is 11. The van der Waals surface area contributed by atoms with Crippen LogP contribution in [-0.4, -0.2) is 76.3 Å². The minimum atomic E-state index is -4.54. The van der Waals surface area contributed by atoms with Gasteiger partial charge in [0, 0.05) is 6.42 Å². The molecule has 1 aliphatic heterocycles. The van der Waals surface area contributed by atoms with Crippen LogP contribution in [0.25, 0.3) is 0 Å². The van der Waals surface area contributed by atoms with Crippen molar-refractivity contribution in [2.24, 2.45) is 0 Å². The summed E-state index contributed by atoms with van der Waals surface area (Å²) < 4.78 is 40.0. The summed E-state index contributed by atoms with van der Waals surface area (Å²) in [5.74, 6) is -0.381. The largest absolute Gasteiger partial charge is 0.756 e. The van der Waals surface area contributed by atoms with Crippen LogP contribution in [-0.2, 0) is 32.6 Å². The lowest BCUT2D eigenvalue weighted by Gasteiger charge is -2.28. The summed E-state index contributed by atoms with van der Waals surface area (Å²) >= 11 is 0. The number of rotatable bonds is 39. The van der Waals surface area contributed by atoms with E-state index in [0.717, 1.165) is 57.8 Å². The molecule has 0 spiro atoms. The maximum absolute atomic E-state index is 12.5. The van der Waals surface area contributed by atoms with Crippen molar-refractivity contribution in [1.82, 2.24) is 0 Å². The van der Waals surface area contributed by atoms with Gasteiger partial charge in [-0.3, -0.25) is 9.36 Å². The smallest absolute Gasteiger partial charge is 0.306 e. The molecule has 58 heavy (non-hydrogen) atoms. The van der Waals surface area contributed by atoms with Gasteiger partial charge in [0.2, 0.25) is 0 Å². The van der Waals surface area contributed by atoms with Gasteiger partial charge in [0.25, 0.3) is 7.82 Å². The van der Waals surface area contributed by atoms with E-state index in [1.54, 1.807) is 6.26 Å². The van der Waals surface area contributed by atoms with Gasteiger partial charge in [0.1, 0.15) is 19.8 Å². The van der Waals surface area contributed by atoms with Crippen LogP contribution in [0.5, 0.6) is 0 Å². The number of phosphoric acid groups is 1. The third-order valence-corrected chi connectivity index (χ3v) is 10.4. The molecule has 0 N–H and O–H groups in total. The molecule has 0 aromatic rings. The molecule has 1 saturated heterocycles. The SMILES string of the molecule is CC/C=C\CC1OC1C/C=C\C/C=C\C/C=C\C/C=C\CCC(=O)OC[C@H](COP(=O)([O-])OCC[N+](C)(C)C)O/C=C/CCCCCCCC/C=C\CCCCCC. The lowest BCUT2D eigenvalue weighted by Crippen LogP contribution is -2.37. The number of carbonyl (C=O) groups excluding carboxylic acids is 1. The van der Waals surface area contributed by atoms with Gasteiger partial charge in [0.15, 0.2) is 6.10 Å². The number of likely N-dealkylation sites (N-methyl/N-ethyl adjacent to an activating group) is 1. The number of epoxide rings is 1. The van der Waals surface area contributed by atoms with Crippen molar-refractivity contribution in [3.8, 4) is 0 Å². The molecule has 10 heteroatoms. The number of hydrogen-bond acceptors (Lipinski definition) is 8. The summed E-state index contributed by atoms with van der Waals surface area (Å²) in [6, 6.07) is 0. The van der Waals surface area contributed by atoms with Crippen molar-refractivity contribution in [3.63, 3.8) is 0 Å². The number of phosphoric ester groups is 1. The molecule has 0 amide bonds. The van der Waals surface area contributed by atoms with Crippen LogP contribution in [0.1, 0.15) is 149 Å². The minimum absolute atomic E-state index is 0.00848. The summed E-state index contributed by atoms with van der Waals surface area (Å²) in [6.45, 7) is 4.46. The molecule has 0 aliphatic carbocycles. The number of esters is 1. The van der Waals surface area contributed by atoms with Crippen LogP contribution in [0.2, 0.25) is 0 Å². The fraction of sp³-hybridized carbons (Fsp3) is 0.688. The Morgan fingerprint density at radius 3 is 1.76 bits per heavy atom. The molecule has 0 saturated carbocycles. The second-order valence-electron chi connectivity index (χ2n) is 16.1. The highest BCUT2D eigenvalue weighted by Gasteiger charge is 2.35. The normalized spacial score (nSPS) is 18.0. The van der Waals surface area contributed by atoms with Crippen molar-refractivity contribution in [3.05, 3.63) is 85.3 Å². The summed E-state index contributed by atoms with van der Waals surface area (Å²) in [5, 5.41) is 0. The van der Waals surface area contributed by atoms with E-state index in [0.29, 0.717) is 29.7 Å². The van der Waals surface area contributed by atoms with Gasteiger partial charge in [-0.15, -0.1) is 0 Å². The highest BCUT2D eigenvalue weighted by molar-refractivity contribution is 7.45. The Bertz CT molecular complexity index is 1260. The lowest BCUT2D eigenvalue weighted by molar-refractivity contribution is -0.870. The standard InChI is InChI=1S/C48H82NO8P/c1-6-8-10-11-12-13-14-15-16-17-20-23-26-29-32-36-41-53-45(44-56-58(51,52)55-42-40-49(3,4)5)43-54-48(50)39-35-31-28-25-22-19-18-21-24-27-30-34-38-47-46(57-47)37-33-9-7-2/h9,13-14,19,21-22,24,28,30-31,33-34,36,41,45-47H,6-8,10-12,15-18,20,23,25-27,29,32,35,37-40,42-44H2,1-5H3/b14-13-,22-19-,24-21-,31-28-,33-9-,34-30-,41-36+/t45-,46?,47?/m1/s1. The molecule has 1 aliphatic rings. The Morgan fingerprint density at radius 1 is 0.655 bits per heavy atom.